The Hall–Kier alpha value is -3.49. The van der Waals surface area contributed by atoms with Crippen molar-refractivity contribution in [2.24, 2.45) is 0 Å². The average Bonchev–Trinajstić information content (AvgIpc) is 3.52. The number of nitrogens with zero attached hydrogens (tertiary/aromatic N) is 2. The summed E-state index contributed by atoms with van der Waals surface area (Å²) in [6.45, 7) is 0.605. The number of fused-ring (bicyclic) bond motifs is 4. The molecule has 0 radical (unpaired) electrons. The fourth-order valence-electron chi connectivity index (χ4n) is 6.39. The number of hydrogen-bond donors (Lipinski definition) is 1. The van der Waals surface area contributed by atoms with Crippen LogP contribution in [0.15, 0.2) is 66.7 Å². The van der Waals surface area contributed by atoms with Crippen molar-refractivity contribution in [2.75, 3.05) is 11.9 Å². The van der Waals surface area contributed by atoms with E-state index in [-0.39, 0.29) is 34.3 Å². The van der Waals surface area contributed by atoms with E-state index in [9.17, 15) is 19.3 Å². The van der Waals surface area contributed by atoms with Gasteiger partial charge in [0.25, 0.3) is 11.9 Å². The fourth-order valence-corrected chi connectivity index (χ4v) is 6.63. The first-order chi connectivity index (χ1) is 17.4. The number of para-hydroxylation sites is 1. The van der Waals surface area contributed by atoms with Crippen molar-refractivity contribution in [1.29, 1.82) is 0 Å². The summed E-state index contributed by atoms with van der Waals surface area (Å²) < 4.78 is 19.7. The summed E-state index contributed by atoms with van der Waals surface area (Å²) in [4.78, 5) is 27.9. The number of amides is 1. The molecule has 1 amide bonds. The SMILES string of the molecule is O=C1Nc2ccccc2[C@]12[C@H]([N+](=O)[O-])[C@@H](c1ccc(OCc3ccccc3F)c(Cl)c1)[C@@H]1CCCN12. The van der Waals surface area contributed by atoms with Gasteiger partial charge in [-0.05, 0) is 42.7 Å². The van der Waals surface area contributed by atoms with Crippen molar-refractivity contribution in [3.8, 4) is 5.75 Å². The Morgan fingerprint density at radius 2 is 1.94 bits per heavy atom. The van der Waals surface area contributed by atoms with E-state index in [0.717, 1.165) is 12.8 Å². The van der Waals surface area contributed by atoms with E-state index < -0.39 is 17.5 Å². The van der Waals surface area contributed by atoms with Crippen LogP contribution < -0.4 is 10.1 Å². The maximum atomic E-state index is 14.0. The van der Waals surface area contributed by atoms with E-state index in [2.05, 4.69) is 5.32 Å². The zero-order valence-electron chi connectivity index (χ0n) is 19.2. The minimum absolute atomic E-state index is 0.00314. The third-order valence-corrected chi connectivity index (χ3v) is 8.07. The zero-order chi connectivity index (χ0) is 25.0. The summed E-state index contributed by atoms with van der Waals surface area (Å²) >= 11 is 6.56. The molecule has 9 heteroatoms. The second-order valence-electron chi connectivity index (χ2n) is 9.49. The van der Waals surface area contributed by atoms with E-state index in [1.807, 2.05) is 23.1 Å². The van der Waals surface area contributed by atoms with Gasteiger partial charge in [0.2, 0.25) is 0 Å². The second kappa shape index (κ2) is 8.57. The molecule has 3 aliphatic heterocycles. The van der Waals surface area contributed by atoms with Crippen molar-refractivity contribution in [2.45, 2.75) is 43.0 Å². The molecule has 4 atom stereocenters. The molecule has 3 aliphatic rings. The van der Waals surface area contributed by atoms with E-state index in [4.69, 9.17) is 16.3 Å². The molecule has 36 heavy (non-hydrogen) atoms. The molecule has 0 aromatic heterocycles. The summed E-state index contributed by atoms with van der Waals surface area (Å²) in [5.74, 6) is -0.902. The Balaban J connectivity index is 1.38. The zero-order valence-corrected chi connectivity index (χ0v) is 20.0. The molecule has 7 nitrogen and oxygen atoms in total. The summed E-state index contributed by atoms with van der Waals surface area (Å²) in [7, 11) is 0. The predicted octanol–water partition coefficient (Wildman–Crippen LogP) is 5.11. The number of carbonyl (C=O) groups excluding carboxylic acids is 1. The van der Waals surface area contributed by atoms with E-state index in [0.29, 0.717) is 34.7 Å². The number of carbonyl (C=O) groups is 1. The van der Waals surface area contributed by atoms with Gasteiger partial charge in [0.15, 0.2) is 5.54 Å². The van der Waals surface area contributed by atoms with Crippen LogP contribution >= 0.6 is 11.6 Å². The lowest BCUT2D eigenvalue weighted by Crippen LogP contribution is -2.55. The Labute approximate surface area is 212 Å². The highest BCUT2D eigenvalue weighted by molar-refractivity contribution is 6.32. The number of nitrogens with one attached hydrogen (secondary N) is 1. The van der Waals surface area contributed by atoms with Crippen LogP contribution in [0.1, 0.15) is 35.4 Å². The van der Waals surface area contributed by atoms with Gasteiger partial charge in [-0.3, -0.25) is 19.8 Å². The molecule has 3 aromatic carbocycles. The van der Waals surface area contributed by atoms with Gasteiger partial charge in [-0.1, -0.05) is 54.1 Å². The number of anilines is 1. The van der Waals surface area contributed by atoms with Crippen LogP contribution in [0.2, 0.25) is 5.02 Å². The number of hydrogen-bond acceptors (Lipinski definition) is 5. The number of benzene rings is 3. The lowest BCUT2D eigenvalue weighted by molar-refractivity contribution is -0.534. The van der Waals surface area contributed by atoms with E-state index >= 15 is 0 Å². The van der Waals surface area contributed by atoms with Gasteiger partial charge in [0.05, 0.1) is 10.9 Å². The first-order valence-electron chi connectivity index (χ1n) is 11.9. The molecule has 2 saturated heterocycles. The Morgan fingerprint density at radius 3 is 2.72 bits per heavy atom. The summed E-state index contributed by atoms with van der Waals surface area (Å²) in [5.41, 5.74) is 0.984. The second-order valence-corrected chi connectivity index (χ2v) is 9.90. The third kappa shape index (κ3) is 3.24. The molecule has 6 rings (SSSR count). The normalized spacial score (nSPS) is 26.6. The molecule has 0 aliphatic carbocycles. The van der Waals surface area contributed by atoms with Gasteiger partial charge < -0.3 is 10.1 Å². The molecule has 0 saturated carbocycles. The molecule has 0 unspecified atom stereocenters. The van der Waals surface area contributed by atoms with Gasteiger partial charge in [-0.25, -0.2) is 4.39 Å². The molecule has 0 bridgehead atoms. The highest BCUT2D eigenvalue weighted by Gasteiger charge is 2.73. The van der Waals surface area contributed by atoms with Crippen LogP contribution in [0.4, 0.5) is 10.1 Å². The lowest BCUT2D eigenvalue weighted by Gasteiger charge is -2.32. The van der Waals surface area contributed by atoms with Gasteiger partial charge in [-0.15, -0.1) is 0 Å². The molecular weight excluding hydrogens is 485 g/mol. The minimum atomic E-state index is -1.38. The van der Waals surface area contributed by atoms with Crippen LogP contribution in [0.5, 0.6) is 5.75 Å². The number of ether oxygens (including phenoxy) is 1. The van der Waals surface area contributed by atoms with Crippen molar-refractivity contribution >= 4 is 23.2 Å². The molecule has 1 spiro atoms. The molecular formula is C27H23ClFN3O4. The lowest BCUT2D eigenvalue weighted by atomic mass is 9.77. The standard InChI is InChI=1S/C27H23ClFN3O4/c28-19-14-16(11-12-23(19)36-15-17-6-1-3-8-20(17)29)24-22-10-5-13-31(22)27(25(24)32(34)35)18-7-2-4-9-21(18)30-26(27)33/h1-4,6-9,11-12,14,22,24-25H,5,10,13,15H2,(H,30,33)/t22-,24-,25+,27-/m0/s1. The molecule has 3 heterocycles. The third-order valence-electron chi connectivity index (χ3n) is 7.78. The number of nitro groups is 1. The van der Waals surface area contributed by atoms with Crippen LogP contribution in [0.25, 0.3) is 0 Å². The summed E-state index contributed by atoms with van der Waals surface area (Å²) in [6.07, 6.45) is 1.59. The molecule has 2 fully saturated rings. The van der Waals surface area contributed by atoms with Crippen molar-refractivity contribution in [1.82, 2.24) is 4.90 Å². The van der Waals surface area contributed by atoms with Crippen molar-refractivity contribution < 1.29 is 18.8 Å². The topological polar surface area (TPSA) is 84.7 Å². The van der Waals surface area contributed by atoms with E-state index in [1.54, 1.807) is 42.5 Å². The van der Waals surface area contributed by atoms with Crippen molar-refractivity contribution in [3.05, 3.63) is 104 Å². The van der Waals surface area contributed by atoms with E-state index in [1.165, 1.54) is 6.07 Å². The Morgan fingerprint density at radius 1 is 1.17 bits per heavy atom. The highest BCUT2D eigenvalue weighted by atomic mass is 35.5. The van der Waals surface area contributed by atoms with Gasteiger partial charge in [-0.2, -0.15) is 0 Å². The molecule has 1 N–H and O–H groups in total. The first-order valence-corrected chi connectivity index (χ1v) is 12.3. The fraction of sp³-hybridized carbons (Fsp3) is 0.296. The monoisotopic (exact) mass is 507 g/mol. The Bertz CT molecular complexity index is 1380. The van der Waals surface area contributed by atoms with Crippen LogP contribution in [0.3, 0.4) is 0 Å². The van der Waals surface area contributed by atoms with Crippen LogP contribution in [0, 0.1) is 15.9 Å². The smallest absolute Gasteiger partial charge is 0.256 e. The predicted molar refractivity (Wildman–Crippen MR) is 132 cm³/mol. The van der Waals surface area contributed by atoms with Crippen molar-refractivity contribution in [3.63, 3.8) is 0 Å². The quantitative estimate of drug-likeness (QED) is 0.383. The number of halogens is 2. The van der Waals surface area contributed by atoms with Gasteiger partial charge >= 0.3 is 0 Å². The highest BCUT2D eigenvalue weighted by Crippen LogP contribution is 2.58. The first kappa shape index (κ1) is 22.9. The van der Waals surface area contributed by atoms with Gasteiger partial charge in [0.1, 0.15) is 18.2 Å². The van der Waals surface area contributed by atoms with Crippen LogP contribution in [-0.4, -0.2) is 34.4 Å². The average molecular weight is 508 g/mol. The maximum Gasteiger partial charge on any atom is 0.256 e. The Kier molecular flexibility index (Phi) is 5.46. The minimum Gasteiger partial charge on any atom is -0.487 e. The largest absolute Gasteiger partial charge is 0.487 e. The summed E-state index contributed by atoms with van der Waals surface area (Å²) in [6, 6.07) is 17.3. The van der Waals surface area contributed by atoms with Gasteiger partial charge in [0, 0.05) is 34.3 Å². The maximum absolute atomic E-state index is 14.0. The summed E-state index contributed by atoms with van der Waals surface area (Å²) in [5, 5.41) is 15.9. The number of rotatable bonds is 5. The molecule has 184 valence electrons. The molecule has 3 aromatic rings. The van der Waals surface area contributed by atoms with Crippen LogP contribution in [-0.2, 0) is 16.9 Å².